The van der Waals surface area contributed by atoms with E-state index in [2.05, 4.69) is 10.2 Å². The minimum absolute atomic E-state index is 0.0363. The third-order valence-electron chi connectivity index (χ3n) is 6.33. The molecule has 2 saturated heterocycles. The van der Waals surface area contributed by atoms with Crippen molar-refractivity contribution in [3.05, 3.63) is 46.2 Å². The first-order chi connectivity index (χ1) is 13.8. The average Bonchev–Trinajstić information content (AvgIpc) is 2.88. The van der Waals surface area contributed by atoms with Crippen molar-refractivity contribution >= 4 is 22.6 Å². The molecule has 2 bridgehead atoms. The Labute approximate surface area is 170 Å². The van der Waals surface area contributed by atoms with Gasteiger partial charge in [-0.2, -0.15) is 0 Å². The molecule has 1 N–H and O–H groups in total. The molecule has 1 aromatic heterocycles. The fourth-order valence-electron chi connectivity index (χ4n) is 5.13. The number of piperidine rings is 1. The number of ketones is 1. The van der Waals surface area contributed by atoms with Crippen molar-refractivity contribution in [2.45, 2.75) is 70.6 Å². The highest BCUT2D eigenvalue weighted by Crippen LogP contribution is 2.35. The summed E-state index contributed by atoms with van der Waals surface area (Å²) in [5.74, 6) is -0.102. The Hall–Kier alpha value is -2.47. The van der Waals surface area contributed by atoms with Gasteiger partial charge in [-0.15, -0.1) is 0 Å². The number of hydrogen-bond acceptors (Lipinski definition) is 4. The molecule has 1 amide bonds. The molecule has 1 aromatic carbocycles. The van der Waals surface area contributed by atoms with Gasteiger partial charge in [0.2, 0.25) is 0 Å². The van der Waals surface area contributed by atoms with Gasteiger partial charge in [-0.3, -0.25) is 19.3 Å². The summed E-state index contributed by atoms with van der Waals surface area (Å²) >= 11 is 0. The summed E-state index contributed by atoms with van der Waals surface area (Å²) in [6.07, 6.45) is 3.81. The lowest BCUT2D eigenvalue weighted by Gasteiger charge is -2.38. The van der Waals surface area contributed by atoms with Crippen LogP contribution in [0.15, 0.2) is 35.1 Å². The van der Waals surface area contributed by atoms with Gasteiger partial charge in [0.25, 0.3) is 11.5 Å². The molecule has 0 aliphatic carbocycles. The molecule has 6 heteroatoms. The Balaban J connectivity index is 1.57. The predicted octanol–water partition coefficient (Wildman–Crippen LogP) is 2.90. The smallest absolute Gasteiger partial charge is 0.264 e. The van der Waals surface area contributed by atoms with Crippen molar-refractivity contribution in [1.82, 2.24) is 14.8 Å². The molecule has 2 fully saturated rings. The van der Waals surface area contributed by atoms with E-state index in [1.165, 1.54) is 0 Å². The van der Waals surface area contributed by atoms with Crippen LogP contribution in [0.1, 0.15) is 62.9 Å². The standard InChI is InChI=1S/C23H29N3O3/c1-14(2)26-21-7-5-4-6-16(21)10-20(23(26)29)22(28)24-17-11-18-8-9-19(12-17)25(18)13-15(3)27/h4-7,10,14,17-19H,8-9,11-13H2,1-3H3,(H,24,28). The van der Waals surface area contributed by atoms with Crippen molar-refractivity contribution in [3.63, 3.8) is 0 Å². The van der Waals surface area contributed by atoms with E-state index in [1.807, 2.05) is 38.1 Å². The molecule has 6 nitrogen and oxygen atoms in total. The number of fused-ring (bicyclic) bond motifs is 3. The number of hydrogen-bond donors (Lipinski definition) is 1. The van der Waals surface area contributed by atoms with Gasteiger partial charge in [0.05, 0.1) is 12.1 Å². The second-order valence-electron chi connectivity index (χ2n) is 8.79. The molecule has 3 heterocycles. The van der Waals surface area contributed by atoms with E-state index in [4.69, 9.17) is 0 Å². The zero-order chi connectivity index (χ0) is 20.7. The molecular formula is C23H29N3O3. The first kappa shape index (κ1) is 19.8. The largest absolute Gasteiger partial charge is 0.349 e. The summed E-state index contributed by atoms with van der Waals surface area (Å²) in [7, 11) is 0. The lowest BCUT2D eigenvalue weighted by molar-refractivity contribution is -0.119. The minimum Gasteiger partial charge on any atom is -0.349 e. The van der Waals surface area contributed by atoms with Gasteiger partial charge in [-0.1, -0.05) is 18.2 Å². The Morgan fingerprint density at radius 2 is 1.79 bits per heavy atom. The molecule has 2 unspecified atom stereocenters. The molecule has 29 heavy (non-hydrogen) atoms. The SMILES string of the molecule is CC(=O)CN1C2CCC1CC(NC(=O)c1cc3ccccc3n(C(C)C)c1=O)C2. The van der Waals surface area contributed by atoms with Gasteiger partial charge >= 0.3 is 0 Å². The van der Waals surface area contributed by atoms with Crippen molar-refractivity contribution in [2.24, 2.45) is 0 Å². The van der Waals surface area contributed by atoms with E-state index in [1.54, 1.807) is 17.6 Å². The number of aromatic nitrogens is 1. The topological polar surface area (TPSA) is 71.4 Å². The number of carbonyl (C=O) groups is 2. The van der Waals surface area contributed by atoms with Crippen LogP contribution in [0.4, 0.5) is 0 Å². The van der Waals surface area contributed by atoms with E-state index in [0.717, 1.165) is 36.6 Å². The maximum atomic E-state index is 13.1. The monoisotopic (exact) mass is 395 g/mol. The molecule has 2 aliphatic rings. The van der Waals surface area contributed by atoms with Gasteiger partial charge < -0.3 is 9.88 Å². The van der Waals surface area contributed by atoms with Gasteiger partial charge in [0.15, 0.2) is 0 Å². The van der Waals surface area contributed by atoms with Crippen molar-refractivity contribution < 1.29 is 9.59 Å². The van der Waals surface area contributed by atoms with Crippen LogP contribution >= 0.6 is 0 Å². The van der Waals surface area contributed by atoms with Crippen LogP contribution in [0.2, 0.25) is 0 Å². The molecule has 2 atom stereocenters. The third-order valence-corrected chi connectivity index (χ3v) is 6.33. The lowest BCUT2D eigenvalue weighted by atomic mass is 9.96. The number of nitrogens with one attached hydrogen (secondary N) is 1. The molecule has 0 spiro atoms. The number of carbonyl (C=O) groups excluding carboxylic acids is 2. The number of nitrogens with zero attached hydrogens (tertiary/aromatic N) is 2. The average molecular weight is 396 g/mol. The molecule has 2 aromatic rings. The van der Waals surface area contributed by atoms with Crippen LogP contribution in [-0.2, 0) is 4.79 Å². The fraction of sp³-hybridized carbons (Fsp3) is 0.522. The number of amides is 1. The maximum absolute atomic E-state index is 13.1. The van der Waals surface area contributed by atoms with E-state index in [9.17, 15) is 14.4 Å². The summed E-state index contributed by atoms with van der Waals surface area (Å²) in [6.45, 7) is 6.04. The van der Waals surface area contributed by atoms with Crippen LogP contribution in [0.25, 0.3) is 10.9 Å². The molecule has 2 aliphatic heterocycles. The van der Waals surface area contributed by atoms with Gasteiger partial charge in [-0.05, 0) is 64.0 Å². The van der Waals surface area contributed by atoms with Gasteiger partial charge in [-0.25, -0.2) is 0 Å². The van der Waals surface area contributed by atoms with Gasteiger partial charge in [0, 0.05) is 24.2 Å². The fourth-order valence-corrected chi connectivity index (χ4v) is 5.13. The molecule has 154 valence electrons. The second kappa shape index (κ2) is 7.75. The van der Waals surface area contributed by atoms with E-state index >= 15 is 0 Å². The van der Waals surface area contributed by atoms with Crippen molar-refractivity contribution in [2.75, 3.05) is 6.54 Å². The number of benzene rings is 1. The quantitative estimate of drug-likeness (QED) is 0.845. The molecule has 4 rings (SSSR count). The van der Waals surface area contributed by atoms with Crippen LogP contribution in [-0.4, -0.2) is 45.8 Å². The predicted molar refractivity (Wildman–Crippen MR) is 113 cm³/mol. The normalized spacial score (nSPS) is 24.2. The first-order valence-corrected chi connectivity index (χ1v) is 10.6. The zero-order valence-electron chi connectivity index (χ0n) is 17.4. The third kappa shape index (κ3) is 3.73. The van der Waals surface area contributed by atoms with E-state index in [-0.39, 0.29) is 34.9 Å². The Kier molecular flexibility index (Phi) is 5.30. The van der Waals surface area contributed by atoms with E-state index < -0.39 is 0 Å². The van der Waals surface area contributed by atoms with Crippen LogP contribution < -0.4 is 10.9 Å². The Morgan fingerprint density at radius 1 is 1.14 bits per heavy atom. The Bertz CT molecular complexity index is 996. The van der Waals surface area contributed by atoms with Crippen LogP contribution in [0.3, 0.4) is 0 Å². The number of pyridine rings is 1. The Morgan fingerprint density at radius 3 is 2.41 bits per heavy atom. The number of Topliss-reactive ketones (excluding diaryl/α,β-unsaturated/α-hetero) is 1. The second-order valence-corrected chi connectivity index (χ2v) is 8.79. The summed E-state index contributed by atoms with van der Waals surface area (Å²) in [5.41, 5.74) is 0.809. The van der Waals surface area contributed by atoms with Crippen LogP contribution in [0, 0.1) is 0 Å². The highest BCUT2D eigenvalue weighted by molar-refractivity contribution is 5.97. The summed E-state index contributed by atoms with van der Waals surface area (Å²) in [5, 5.41) is 4.01. The van der Waals surface area contributed by atoms with Gasteiger partial charge in [0.1, 0.15) is 11.3 Å². The lowest BCUT2D eigenvalue weighted by Crippen LogP contribution is -2.52. The number of rotatable bonds is 5. The van der Waals surface area contributed by atoms with E-state index in [0.29, 0.717) is 18.6 Å². The highest BCUT2D eigenvalue weighted by Gasteiger charge is 2.41. The van der Waals surface area contributed by atoms with Crippen molar-refractivity contribution in [3.8, 4) is 0 Å². The maximum Gasteiger partial charge on any atom is 0.264 e. The highest BCUT2D eigenvalue weighted by atomic mass is 16.2. The molecular weight excluding hydrogens is 366 g/mol. The summed E-state index contributed by atoms with van der Waals surface area (Å²) in [4.78, 5) is 40.0. The minimum atomic E-state index is -0.292. The first-order valence-electron chi connectivity index (χ1n) is 10.6. The zero-order valence-corrected chi connectivity index (χ0v) is 17.4. The van der Waals surface area contributed by atoms with Crippen LogP contribution in [0.5, 0.6) is 0 Å². The number of para-hydroxylation sites is 1. The molecule has 0 radical (unpaired) electrons. The summed E-state index contributed by atoms with van der Waals surface area (Å²) in [6, 6.07) is 10.1. The molecule has 0 saturated carbocycles. The van der Waals surface area contributed by atoms with Crippen molar-refractivity contribution in [1.29, 1.82) is 0 Å². The summed E-state index contributed by atoms with van der Waals surface area (Å²) < 4.78 is 1.70.